The predicted molar refractivity (Wildman–Crippen MR) is 103 cm³/mol. The first-order chi connectivity index (χ1) is 11.8. The highest BCUT2D eigenvalue weighted by Gasteiger charge is 2.13. The van der Waals surface area contributed by atoms with E-state index >= 15 is 0 Å². The molecule has 2 heterocycles. The number of aryl methyl sites for hydroxylation is 1. The monoisotopic (exact) mass is 393 g/mol. The molecule has 2 N–H and O–H groups in total. The van der Waals surface area contributed by atoms with E-state index in [4.69, 9.17) is 0 Å². The van der Waals surface area contributed by atoms with Gasteiger partial charge in [0.15, 0.2) is 5.13 Å². The van der Waals surface area contributed by atoms with Gasteiger partial charge >= 0.3 is 0 Å². The fraction of sp³-hybridized carbons (Fsp3) is 0.125. The lowest BCUT2D eigenvalue weighted by molar-refractivity contribution is 0.102. The van der Waals surface area contributed by atoms with Gasteiger partial charge in [-0.15, -0.1) is 11.3 Å². The number of nitrogens with zero attached hydrogens (tertiary/aromatic N) is 1. The minimum atomic E-state index is -3.30. The summed E-state index contributed by atoms with van der Waals surface area (Å²) >= 11 is 2.82. The van der Waals surface area contributed by atoms with Gasteiger partial charge in [-0.05, 0) is 30.0 Å². The van der Waals surface area contributed by atoms with E-state index in [1.54, 1.807) is 24.3 Å². The fourth-order valence-electron chi connectivity index (χ4n) is 2.14. The summed E-state index contributed by atoms with van der Waals surface area (Å²) in [7, 11) is -3.30. The van der Waals surface area contributed by atoms with Gasteiger partial charge in [0.25, 0.3) is 5.91 Å². The number of rotatable bonds is 5. The van der Waals surface area contributed by atoms with Crippen molar-refractivity contribution < 1.29 is 13.2 Å². The van der Waals surface area contributed by atoms with Crippen molar-refractivity contribution >= 4 is 49.4 Å². The Morgan fingerprint density at radius 3 is 2.44 bits per heavy atom. The Kier molecular flexibility index (Phi) is 4.89. The van der Waals surface area contributed by atoms with Gasteiger partial charge in [-0.25, -0.2) is 13.4 Å². The van der Waals surface area contributed by atoms with Crippen molar-refractivity contribution in [3.05, 3.63) is 51.5 Å². The average molecular weight is 394 g/mol. The number of amides is 1. The second-order valence-corrected chi connectivity index (χ2v) is 8.76. The number of sulfonamides is 1. The maximum Gasteiger partial charge on any atom is 0.258 e. The Morgan fingerprint density at radius 2 is 1.84 bits per heavy atom. The van der Waals surface area contributed by atoms with E-state index in [1.165, 1.54) is 22.7 Å². The lowest BCUT2D eigenvalue weighted by atomic mass is 10.1. The lowest BCUT2D eigenvalue weighted by Crippen LogP contribution is -2.11. The molecule has 0 aliphatic carbocycles. The molecule has 0 aliphatic heterocycles. The van der Waals surface area contributed by atoms with Crippen molar-refractivity contribution in [2.24, 2.45) is 0 Å². The standard InChI is InChI=1S/C16H15N3O3S3/c1-10-7-23-8-13(10)15(20)18-16-17-14(9-24-16)11-3-5-12(6-4-11)19-25(2,21)22/h3-9,19H,1-2H3,(H,17,18,20). The zero-order valence-corrected chi connectivity index (χ0v) is 15.9. The van der Waals surface area contributed by atoms with Gasteiger partial charge in [0.1, 0.15) is 0 Å². The second kappa shape index (κ2) is 6.95. The maximum absolute atomic E-state index is 12.2. The van der Waals surface area contributed by atoms with Gasteiger partial charge in [-0.3, -0.25) is 14.8 Å². The van der Waals surface area contributed by atoms with E-state index in [9.17, 15) is 13.2 Å². The lowest BCUT2D eigenvalue weighted by Gasteiger charge is -2.04. The molecule has 9 heteroatoms. The summed E-state index contributed by atoms with van der Waals surface area (Å²) in [6, 6.07) is 6.89. The largest absolute Gasteiger partial charge is 0.298 e. The molecule has 25 heavy (non-hydrogen) atoms. The number of carbonyl (C=O) groups is 1. The summed E-state index contributed by atoms with van der Waals surface area (Å²) in [5, 5.41) is 8.90. The molecule has 0 saturated carbocycles. The summed E-state index contributed by atoms with van der Waals surface area (Å²) < 4.78 is 24.9. The van der Waals surface area contributed by atoms with E-state index in [0.717, 1.165) is 17.4 Å². The van der Waals surface area contributed by atoms with Crippen molar-refractivity contribution in [1.29, 1.82) is 0 Å². The molecule has 2 aromatic heterocycles. The highest BCUT2D eigenvalue weighted by molar-refractivity contribution is 7.92. The summed E-state index contributed by atoms with van der Waals surface area (Å²) in [4.78, 5) is 16.6. The van der Waals surface area contributed by atoms with Gasteiger partial charge in [0.05, 0.1) is 17.5 Å². The third kappa shape index (κ3) is 4.44. The number of nitrogens with one attached hydrogen (secondary N) is 2. The van der Waals surface area contributed by atoms with Crippen molar-refractivity contribution in [3.63, 3.8) is 0 Å². The summed E-state index contributed by atoms with van der Waals surface area (Å²) in [6.07, 6.45) is 1.10. The number of hydrogen-bond acceptors (Lipinski definition) is 6. The Bertz CT molecular complexity index is 1000. The van der Waals surface area contributed by atoms with Crippen LogP contribution >= 0.6 is 22.7 Å². The molecule has 0 fully saturated rings. The number of thiophene rings is 1. The highest BCUT2D eigenvalue weighted by atomic mass is 32.2. The van der Waals surface area contributed by atoms with Crippen molar-refractivity contribution in [2.45, 2.75) is 6.92 Å². The molecule has 130 valence electrons. The molecule has 0 unspecified atom stereocenters. The van der Waals surface area contributed by atoms with Crippen LogP contribution in [0, 0.1) is 6.92 Å². The molecule has 0 atom stereocenters. The smallest absolute Gasteiger partial charge is 0.258 e. The van der Waals surface area contributed by atoms with E-state index in [0.29, 0.717) is 22.1 Å². The molecular weight excluding hydrogens is 378 g/mol. The molecule has 1 aromatic carbocycles. The zero-order valence-electron chi connectivity index (χ0n) is 13.4. The van der Waals surface area contributed by atoms with E-state index < -0.39 is 10.0 Å². The SMILES string of the molecule is Cc1cscc1C(=O)Nc1nc(-c2ccc(NS(C)(=O)=O)cc2)cs1. The first-order valence-corrected chi connectivity index (χ1v) is 10.9. The van der Waals surface area contributed by atoms with Crippen LogP contribution in [0.25, 0.3) is 11.3 Å². The normalized spacial score (nSPS) is 11.3. The molecule has 3 rings (SSSR count). The van der Waals surface area contributed by atoms with Crippen molar-refractivity contribution in [1.82, 2.24) is 4.98 Å². The van der Waals surface area contributed by atoms with E-state index in [1.807, 2.05) is 23.1 Å². The van der Waals surface area contributed by atoms with Crippen LogP contribution in [0.4, 0.5) is 10.8 Å². The quantitative estimate of drug-likeness (QED) is 0.690. The molecule has 0 radical (unpaired) electrons. The zero-order chi connectivity index (χ0) is 18.0. The van der Waals surface area contributed by atoms with Crippen LogP contribution in [0.3, 0.4) is 0 Å². The highest BCUT2D eigenvalue weighted by Crippen LogP contribution is 2.27. The Labute approximate surface area is 153 Å². The molecule has 0 saturated heterocycles. The first-order valence-electron chi connectivity index (χ1n) is 7.20. The van der Waals surface area contributed by atoms with Crippen molar-refractivity contribution in [2.75, 3.05) is 16.3 Å². The van der Waals surface area contributed by atoms with E-state index in [-0.39, 0.29) is 5.91 Å². The molecule has 3 aromatic rings. The van der Waals surface area contributed by atoms with Gasteiger partial charge in [0.2, 0.25) is 10.0 Å². The third-order valence-electron chi connectivity index (χ3n) is 3.31. The molecule has 0 spiro atoms. The van der Waals surface area contributed by atoms with Crippen LogP contribution in [-0.2, 0) is 10.0 Å². The average Bonchev–Trinajstić information content (AvgIpc) is 3.15. The van der Waals surface area contributed by atoms with Gasteiger partial charge in [-0.1, -0.05) is 12.1 Å². The topological polar surface area (TPSA) is 88.2 Å². The Hall–Kier alpha value is -2.23. The summed E-state index contributed by atoms with van der Waals surface area (Å²) in [5.41, 5.74) is 3.63. The summed E-state index contributed by atoms with van der Waals surface area (Å²) in [5.74, 6) is -0.174. The molecule has 1 amide bonds. The van der Waals surface area contributed by atoms with E-state index in [2.05, 4.69) is 15.0 Å². The van der Waals surface area contributed by atoms with Gasteiger partial charge in [-0.2, -0.15) is 11.3 Å². The van der Waals surface area contributed by atoms with Crippen LogP contribution in [0.15, 0.2) is 40.4 Å². The first kappa shape index (κ1) is 17.6. The van der Waals surface area contributed by atoms with Crippen LogP contribution in [0.2, 0.25) is 0 Å². The molecular formula is C16H15N3O3S3. The number of carbonyl (C=O) groups excluding carboxylic acids is 1. The Morgan fingerprint density at radius 1 is 1.12 bits per heavy atom. The molecule has 6 nitrogen and oxygen atoms in total. The number of aromatic nitrogens is 1. The fourth-order valence-corrected chi connectivity index (χ4v) is 4.25. The Balaban J connectivity index is 1.73. The number of thiazole rings is 1. The van der Waals surface area contributed by atoms with Crippen molar-refractivity contribution in [3.8, 4) is 11.3 Å². The van der Waals surface area contributed by atoms with Gasteiger partial charge < -0.3 is 0 Å². The van der Waals surface area contributed by atoms with Crippen LogP contribution < -0.4 is 10.0 Å². The molecule has 0 bridgehead atoms. The molecule has 0 aliphatic rings. The predicted octanol–water partition coefficient (Wildman–Crippen LogP) is 3.80. The third-order valence-corrected chi connectivity index (χ3v) is 5.53. The summed E-state index contributed by atoms with van der Waals surface area (Å²) in [6.45, 7) is 1.89. The van der Waals surface area contributed by atoms with Crippen LogP contribution in [0.5, 0.6) is 0 Å². The minimum Gasteiger partial charge on any atom is -0.298 e. The number of benzene rings is 1. The number of anilines is 2. The van der Waals surface area contributed by atoms with Crippen LogP contribution in [0.1, 0.15) is 15.9 Å². The maximum atomic E-state index is 12.2. The van der Waals surface area contributed by atoms with Gasteiger partial charge in [0, 0.05) is 22.0 Å². The minimum absolute atomic E-state index is 0.174. The second-order valence-electron chi connectivity index (χ2n) is 5.41. The number of hydrogen-bond donors (Lipinski definition) is 2. The van der Waals surface area contributed by atoms with Crippen LogP contribution in [-0.4, -0.2) is 25.6 Å².